The van der Waals surface area contributed by atoms with Crippen molar-refractivity contribution < 1.29 is 9.84 Å². The number of ether oxygens (including phenoxy) is 1. The van der Waals surface area contributed by atoms with Gasteiger partial charge in [-0.2, -0.15) is 0 Å². The fraction of sp³-hybridized carbons (Fsp3) is 0.684. The van der Waals surface area contributed by atoms with E-state index in [2.05, 4.69) is 23.3 Å². The number of anilines is 1. The van der Waals surface area contributed by atoms with E-state index in [1.165, 1.54) is 43.2 Å². The van der Waals surface area contributed by atoms with Crippen LogP contribution in [0.3, 0.4) is 0 Å². The molecular formula is C19H26N2O2. The van der Waals surface area contributed by atoms with E-state index in [4.69, 9.17) is 4.74 Å². The van der Waals surface area contributed by atoms with Gasteiger partial charge in [-0.15, -0.1) is 0 Å². The summed E-state index contributed by atoms with van der Waals surface area (Å²) in [4.78, 5) is 2.28. The van der Waals surface area contributed by atoms with Gasteiger partial charge in [-0.3, -0.25) is 0 Å². The summed E-state index contributed by atoms with van der Waals surface area (Å²) in [5.41, 5.74) is 4.32. The molecule has 1 saturated carbocycles. The van der Waals surface area contributed by atoms with Crippen LogP contribution in [0.5, 0.6) is 11.5 Å². The van der Waals surface area contributed by atoms with Gasteiger partial charge in [0.15, 0.2) is 11.5 Å². The van der Waals surface area contributed by atoms with Crippen LogP contribution in [0.1, 0.15) is 43.2 Å². The summed E-state index contributed by atoms with van der Waals surface area (Å²) in [6.45, 7) is 2.67. The minimum atomic E-state index is 0.284. The molecule has 0 aromatic heterocycles. The van der Waals surface area contributed by atoms with Crippen molar-refractivity contribution >= 4 is 5.69 Å². The summed E-state index contributed by atoms with van der Waals surface area (Å²) in [6, 6.07) is 2.66. The Morgan fingerprint density at radius 3 is 3.17 bits per heavy atom. The van der Waals surface area contributed by atoms with Crippen molar-refractivity contribution in [2.45, 2.75) is 50.0 Å². The van der Waals surface area contributed by atoms with Crippen LogP contribution in [0.15, 0.2) is 6.07 Å². The Labute approximate surface area is 137 Å². The summed E-state index contributed by atoms with van der Waals surface area (Å²) >= 11 is 0. The van der Waals surface area contributed by atoms with E-state index >= 15 is 0 Å². The fourth-order valence-corrected chi connectivity index (χ4v) is 5.96. The molecule has 4 nitrogen and oxygen atoms in total. The molecule has 2 N–H and O–H groups in total. The number of likely N-dealkylation sites (N-methyl/N-ethyl adjacent to an activating group) is 1. The number of rotatable bonds is 0. The van der Waals surface area contributed by atoms with Crippen molar-refractivity contribution in [1.82, 2.24) is 5.32 Å². The molecule has 1 unspecified atom stereocenters. The molecule has 2 aliphatic carbocycles. The van der Waals surface area contributed by atoms with Crippen LogP contribution in [-0.2, 0) is 11.8 Å². The van der Waals surface area contributed by atoms with Crippen LogP contribution in [0, 0.1) is 5.92 Å². The molecule has 3 atom stereocenters. The van der Waals surface area contributed by atoms with E-state index in [0.29, 0.717) is 24.1 Å². The molecule has 2 aliphatic heterocycles. The van der Waals surface area contributed by atoms with Crippen molar-refractivity contribution in [2.24, 2.45) is 5.92 Å². The lowest BCUT2D eigenvalue weighted by molar-refractivity contribution is 0.0793. The Morgan fingerprint density at radius 1 is 1.35 bits per heavy atom. The summed E-state index contributed by atoms with van der Waals surface area (Å²) < 4.78 is 5.83. The lowest BCUT2D eigenvalue weighted by atomic mass is 9.52. The number of nitrogens with zero attached hydrogens (tertiary/aromatic N) is 1. The molecule has 1 aromatic carbocycles. The zero-order chi connectivity index (χ0) is 15.6. The number of fused-ring (bicyclic) bond motifs is 3. The van der Waals surface area contributed by atoms with Crippen LogP contribution in [-0.4, -0.2) is 37.9 Å². The van der Waals surface area contributed by atoms with Crippen LogP contribution in [0.25, 0.3) is 0 Å². The standard InChI is InChI=1S/C19H26N2O2/c1-21-8-9-23-18-16(22)11-14-12(17(18)21)10-15-13-4-2-3-5-19(13,14)6-7-20-15/h11,13,15,20,22H,2-10H2,1H3/t13?,15-,19-/m0/s1. The molecule has 0 radical (unpaired) electrons. The highest BCUT2D eigenvalue weighted by Gasteiger charge is 2.52. The number of benzene rings is 1. The first-order valence-electron chi connectivity index (χ1n) is 9.17. The molecular weight excluding hydrogens is 288 g/mol. The smallest absolute Gasteiger partial charge is 0.184 e. The zero-order valence-corrected chi connectivity index (χ0v) is 13.9. The quantitative estimate of drug-likeness (QED) is 0.772. The second-order valence-corrected chi connectivity index (χ2v) is 7.89. The van der Waals surface area contributed by atoms with Crippen LogP contribution < -0.4 is 15.0 Å². The normalized spacial score (nSPS) is 34.9. The summed E-state index contributed by atoms with van der Waals surface area (Å²) in [5, 5.41) is 14.4. The molecule has 124 valence electrons. The molecule has 5 rings (SSSR count). The Hall–Kier alpha value is -1.42. The van der Waals surface area contributed by atoms with Gasteiger partial charge >= 0.3 is 0 Å². The second kappa shape index (κ2) is 4.79. The van der Waals surface area contributed by atoms with Crippen LogP contribution in [0.4, 0.5) is 5.69 Å². The minimum absolute atomic E-state index is 0.284. The average Bonchev–Trinajstić information content (AvgIpc) is 2.56. The lowest BCUT2D eigenvalue weighted by Gasteiger charge is -2.56. The Bertz CT molecular complexity index is 655. The zero-order valence-electron chi connectivity index (χ0n) is 13.9. The SMILES string of the molecule is CN1CCOc2c(O)cc3c(c21)C[C@@H]1NCC[C@]32CCCCC12. The van der Waals surface area contributed by atoms with Gasteiger partial charge < -0.3 is 20.1 Å². The van der Waals surface area contributed by atoms with Crippen molar-refractivity contribution in [3.63, 3.8) is 0 Å². The fourth-order valence-electron chi connectivity index (χ4n) is 5.96. The topological polar surface area (TPSA) is 44.7 Å². The molecule has 4 heteroatoms. The molecule has 1 saturated heterocycles. The molecule has 2 fully saturated rings. The molecule has 1 aromatic rings. The monoisotopic (exact) mass is 314 g/mol. The number of piperidine rings is 1. The number of nitrogens with one attached hydrogen (secondary N) is 1. The Balaban J connectivity index is 1.76. The molecule has 0 amide bonds. The predicted molar refractivity (Wildman–Crippen MR) is 90.6 cm³/mol. The summed E-state index contributed by atoms with van der Waals surface area (Å²) in [5.74, 6) is 1.80. The average molecular weight is 314 g/mol. The van der Waals surface area contributed by atoms with Crippen molar-refractivity contribution in [2.75, 3.05) is 31.6 Å². The van der Waals surface area contributed by atoms with Crippen LogP contribution >= 0.6 is 0 Å². The maximum Gasteiger partial charge on any atom is 0.184 e. The molecule has 0 spiro atoms. The molecule has 4 aliphatic rings. The Morgan fingerprint density at radius 2 is 2.26 bits per heavy atom. The van der Waals surface area contributed by atoms with Crippen molar-refractivity contribution in [3.8, 4) is 11.5 Å². The van der Waals surface area contributed by atoms with E-state index < -0.39 is 0 Å². The largest absolute Gasteiger partial charge is 0.504 e. The second-order valence-electron chi connectivity index (χ2n) is 7.89. The van der Waals surface area contributed by atoms with E-state index in [9.17, 15) is 5.11 Å². The minimum Gasteiger partial charge on any atom is -0.504 e. The van der Waals surface area contributed by atoms with Gasteiger partial charge in [-0.1, -0.05) is 12.8 Å². The third-order valence-corrected chi connectivity index (χ3v) is 6.92. The molecule has 2 heterocycles. The third-order valence-electron chi connectivity index (χ3n) is 6.92. The molecule has 23 heavy (non-hydrogen) atoms. The molecule has 2 bridgehead atoms. The summed E-state index contributed by atoms with van der Waals surface area (Å²) in [6.07, 6.45) is 7.60. The van der Waals surface area contributed by atoms with Crippen molar-refractivity contribution in [1.29, 1.82) is 0 Å². The maximum absolute atomic E-state index is 10.6. The van der Waals surface area contributed by atoms with Gasteiger partial charge in [0.2, 0.25) is 0 Å². The number of phenols is 1. The number of phenolic OH excluding ortho intramolecular Hbond substituents is 1. The highest BCUT2D eigenvalue weighted by Crippen LogP contribution is 2.58. The maximum atomic E-state index is 10.6. The van der Waals surface area contributed by atoms with Crippen molar-refractivity contribution in [3.05, 3.63) is 17.2 Å². The van der Waals surface area contributed by atoms with Crippen LogP contribution in [0.2, 0.25) is 0 Å². The highest BCUT2D eigenvalue weighted by atomic mass is 16.5. The van der Waals surface area contributed by atoms with E-state index in [-0.39, 0.29) is 5.41 Å². The van der Waals surface area contributed by atoms with Gasteiger partial charge in [0.1, 0.15) is 6.61 Å². The summed E-state index contributed by atoms with van der Waals surface area (Å²) in [7, 11) is 2.13. The van der Waals surface area contributed by atoms with E-state index in [1.54, 1.807) is 0 Å². The van der Waals surface area contributed by atoms with E-state index in [0.717, 1.165) is 31.1 Å². The number of aromatic hydroxyl groups is 1. The van der Waals surface area contributed by atoms with Gasteiger partial charge in [0, 0.05) is 18.5 Å². The predicted octanol–water partition coefficient (Wildman–Crippen LogP) is 2.57. The first-order valence-corrected chi connectivity index (χ1v) is 9.17. The number of hydrogen-bond donors (Lipinski definition) is 2. The first-order chi connectivity index (χ1) is 11.2. The highest BCUT2D eigenvalue weighted by molar-refractivity contribution is 5.74. The number of hydrogen-bond acceptors (Lipinski definition) is 4. The Kier molecular flexibility index (Phi) is 2.91. The van der Waals surface area contributed by atoms with E-state index in [1.807, 2.05) is 0 Å². The van der Waals surface area contributed by atoms with Gasteiger partial charge in [0.25, 0.3) is 0 Å². The third kappa shape index (κ3) is 1.76. The van der Waals surface area contributed by atoms with Gasteiger partial charge in [0.05, 0.1) is 12.2 Å². The van der Waals surface area contributed by atoms with Gasteiger partial charge in [-0.25, -0.2) is 0 Å². The van der Waals surface area contributed by atoms with Gasteiger partial charge in [-0.05, 0) is 55.3 Å². The lowest BCUT2D eigenvalue weighted by Crippen LogP contribution is -2.59. The first kappa shape index (κ1) is 14.0.